The zero-order valence-corrected chi connectivity index (χ0v) is 11.3. The van der Waals surface area contributed by atoms with Gasteiger partial charge in [-0.25, -0.2) is 4.39 Å². The predicted octanol–water partition coefficient (Wildman–Crippen LogP) is 3.10. The van der Waals surface area contributed by atoms with E-state index in [0.717, 1.165) is 0 Å². The molecule has 0 spiro atoms. The Morgan fingerprint density at radius 3 is 2.89 bits per heavy atom. The van der Waals surface area contributed by atoms with Gasteiger partial charge in [-0.2, -0.15) is 0 Å². The van der Waals surface area contributed by atoms with Crippen LogP contribution >= 0.6 is 11.6 Å². The van der Waals surface area contributed by atoms with Crippen molar-refractivity contribution in [3.8, 4) is 0 Å². The van der Waals surface area contributed by atoms with E-state index in [1.54, 1.807) is 0 Å². The smallest absolute Gasteiger partial charge is 0.320 e. The topological polar surface area (TPSA) is 63.0 Å². The molecular weight excluding hydrogens is 271 g/mol. The van der Waals surface area contributed by atoms with Crippen LogP contribution in [0.1, 0.15) is 19.7 Å². The van der Waals surface area contributed by atoms with Gasteiger partial charge in [-0.15, -0.1) is 5.10 Å². The van der Waals surface area contributed by atoms with Crippen LogP contribution in [-0.4, -0.2) is 16.2 Å². The van der Waals surface area contributed by atoms with Gasteiger partial charge >= 0.3 is 6.01 Å². The lowest BCUT2D eigenvalue weighted by atomic mass is 10.3. The first-order valence-corrected chi connectivity index (χ1v) is 6.20. The lowest BCUT2D eigenvalue weighted by Gasteiger charge is -2.04. The molecule has 5 nitrogen and oxygen atoms in total. The summed E-state index contributed by atoms with van der Waals surface area (Å²) in [6.07, 6.45) is 0. The van der Waals surface area contributed by atoms with E-state index in [-0.39, 0.29) is 6.01 Å². The van der Waals surface area contributed by atoms with Crippen molar-refractivity contribution in [2.75, 3.05) is 5.32 Å². The fraction of sp³-hybridized carbons (Fsp3) is 0.333. The number of aromatic nitrogens is 2. The van der Waals surface area contributed by atoms with E-state index in [4.69, 9.17) is 16.0 Å². The van der Waals surface area contributed by atoms with Gasteiger partial charge in [0, 0.05) is 6.04 Å². The first-order valence-electron chi connectivity index (χ1n) is 5.82. The summed E-state index contributed by atoms with van der Waals surface area (Å²) in [5.74, 6) is 0.0526. The predicted molar refractivity (Wildman–Crippen MR) is 71.0 cm³/mol. The number of hydrogen-bond donors (Lipinski definition) is 2. The van der Waals surface area contributed by atoms with Crippen LogP contribution in [0.25, 0.3) is 0 Å². The van der Waals surface area contributed by atoms with Crippen molar-refractivity contribution in [2.24, 2.45) is 0 Å². The standard InChI is InChI=1S/C12H14ClFN4O/c1-7(2)15-6-11-17-18-12(19-11)16-10-5-8(14)3-4-9(10)13/h3-5,7,15H,6H2,1-2H3,(H,16,18). The number of nitrogens with zero attached hydrogens (tertiary/aromatic N) is 2. The van der Waals surface area contributed by atoms with Crippen molar-refractivity contribution in [1.82, 2.24) is 15.5 Å². The molecule has 1 heterocycles. The van der Waals surface area contributed by atoms with E-state index in [0.29, 0.717) is 29.2 Å². The molecule has 0 atom stereocenters. The maximum atomic E-state index is 13.1. The summed E-state index contributed by atoms with van der Waals surface area (Å²) in [7, 11) is 0. The molecule has 0 unspecified atom stereocenters. The summed E-state index contributed by atoms with van der Waals surface area (Å²) in [6.45, 7) is 4.51. The summed E-state index contributed by atoms with van der Waals surface area (Å²) < 4.78 is 18.4. The Bertz CT molecular complexity index is 558. The Morgan fingerprint density at radius 1 is 1.37 bits per heavy atom. The second-order valence-corrected chi connectivity index (χ2v) is 4.69. The van der Waals surface area contributed by atoms with Crippen molar-refractivity contribution in [2.45, 2.75) is 26.4 Å². The average Bonchev–Trinajstić information content (AvgIpc) is 2.79. The summed E-state index contributed by atoms with van der Waals surface area (Å²) in [5.41, 5.74) is 0.383. The molecule has 19 heavy (non-hydrogen) atoms. The van der Waals surface area contributed by atoms with E-state index < -0.39 is 5.82 Å². The normalized spacial score (nSPS) is 11.0. The van der Waals surface area contributed by atoms with Gasteiger partial charge in [0.2, 0.25) is 5.89 Å². The quantitative estimate of drug-likeness (QED) is 0.883. The van der Waals surface area contributed by atoms with Crippen LogP contribution in [0.15, 0.2) is 22.6 Å². The number of benzene rings is 1. The third-order valence-corrected chi connectivity index (χ3v) is 2.63. The maximum absolute atomic E-state index is 13.1. The monoisotopic (exact) mass is 284 g/mol. The summed E-state index contributed by atoms with van der Waals surface area (Å²) in [5, 5.41) is 14.0. The highest BCUT2D eigenvalue weighted by Gasteiger charge is 2.09. The van der Waals surface area contributed by atoms with Gasteiger partial charge in [0.1, 0.15) is 5.82 Å². The Morgan fingerprint density at radius 2 is 2.16 bits per heavy atom. The fourth-order valence-corrected chi connectivity index (χ4v) is 1.54. The maximum Gasteiger partial charge on any atom is 0.320 e. The molecule has 0 aliphatic heterocycles. The van der Waals surface area contributed by atoms with Crippen LogP contribution in [0.3, 0.4) is 0 Å². The molecule has 0 saturated heterocycles. The van der Waals surface area contributed by atoms with E-state index in [2.05, 4.69) is 20.8 Å². The van der Waals surface area contributed by atoms with Crippen LogP contribution < -0.4 is 10.6 Å². The van der Waals surface area contributed by atoms with Crippen molar-refractivity contribution >= 4 is 23.3 Å². The van der Waals surface area contributed by atoms with Crippen LogP contribution in [0, 0.1) is 5.82 Å². The molecular formula is C12H14ClFN4O. The lowest BCUT2D eigenvalue weighted by Crippen LogP contribution is -2.21. The highest BCUT2D eigenvalue weighted by molar-refractivity contribution is 6.33. The minimum absolute atomic E-state index is 0.174. The lowest BCUT2D eigenvalue weighted by molar-refractivity contribution is 0.460. The van der Waals surface area contributed by atoms with Crippen LogP contribution in [0.5, 0.6) is 0 Å². The molecule has 0 saturated carbocycles. The zero-order valence-electron chi connectivity index (χ0n) is 10.6. The number of halogens is 2. The van der Waals surface area contributed by atoms with E-state index in [1.165, 1.54) is 18.2 Å². The highest BCUT2D eigenvalue weighted by Crippen LogP contribution is 2.25. The first kappa shape index (κ1) is 13.8. The minimum Gasteiger partial charge on any atom is -0.406 e. The molecule has 2 N–H and O–H groups in total. The molecule has 2 aromatic rings. The third-order valence-electron chi connectivity index (χ3n) is 2.30. The number of rotatable bonds is 5. The Kier molecular flexibility index (Phi) is 4.34. The fourth-order valence-electron chi connectivity index (χ4n) is 1.38. The second-order valence-electron chi connectivity index (χ2n) is 4.29. The Balaban J connectivity index is 2.05. The molecule has 0 aliphatic rings. The number of anilines is 2. The van der Waals surface area contributed by atoms with Gasteiger partial charge in [-0.3, -0.25) is 0 Å². The summed E-state index contributed by atoms with van der Waals surface area (Å²) in [6, 6.07) is 4.49. The summed E-state index contributed by atoms with van der Waals surface area (Å²) in [4.78, 5) is 0. The van der Waals surface area contributed by atoms with Crippen LogP contribution in [-0.2, 0) is 6.54 Å². The van der Waals surface area contributed by atoms with E-state index >= 15 is 0 Å². The number of nitrogens with one attached hydrogen (secondary N) is 2. The molecule has 0 amide bonds. The van der Waals surface area contributed by atoms with Crippen molar-refractivity contribution in [1.29, 1.82) is 0 Å². The molecule has 0 bridgehead atoms. The molecule has 102 valence electrons. The summed E-state index contributed by atoms with van der Waals surface area (Å²) >= 11 is 5.92. The van der Waals surface area contributed by atoms with Gasteiger partial charge in [0.15, 0.2) is 0 Å². The van der Waals surface area contributed by atoms with Gasteiger partial charge in [0.25, 0.3) is 0 Å². The molecule has 0 radical (unpaired) electrons. The van der Waals surface area contributed by atoms with E-state index in [1.807, 2.05) is 13.8 Å². The van der Waals surface area contributed by atoms with E-state index in [9.17, 15) is 4.39 Å². The van der Waals surface area contributed by atoms with Crippen LogP contribution in [0.4, 0.5) is 16.1 Å². The van der Waals surface area contributed by atoms with Crippen molar-refractivity contribution in [3.05, 3.63) is 34.9 Å². The Hall–Kier alpha value is -1.66. The van der Waals surface area contributed by atoms with Gasteiger partial charge < -0.3 is 15.1 Å². The molecule has 1 aromatic carbocycles. The minimum atomic E-state index is -0.395. The van der Waals surface area contributed by atoms with Crippen molar-refractivity contribution in [3.63, 3.8) is 0 Å². The Labute approximate surface area is 115 Å². The highest BCUT2D eigenvalue weighted by atomic mass is 35.5. The van der Waals surface area contributed by atoms with Gasteiger partial charge in [-0.05, 0) is 18.2 Å². The molecule has 1 aromatic heterocycles. The van der Waals surface area contributed by atoms with Gasteiger partial charge in [-0.1, -0.05) is 30.5 Å². The first-order chi connectivity index (χ1) is 9.04. The van der Waals surface area contributed by atoms with Gasteiger partial charge in [0.05, 0.1) is 17.3 Å². The molecule has 7 heteroatoms. The largest absolute Gasteiger partial charge is 0.406 e. The zero-order chi connectivity index (χ0) is 13.8. The second kappa shape index (κ2) is 5.99. The number of hydrogen-bond acceptors (Lipinski definition) is 5. The van der Waals surface area contributed by atoms with Crippen molar-refractivity contribution < 1.29 is 8.81 Å². The van der Waals surface area contributed by atoms with Crippen LogP contribution in [0.2, 0.25) is 5.02 Å². The molecule has 0 aliphatic carbocycles. The SMILES string of the molecule is CC(C)NCc1nnc(Nc2cc(F)ccc2Cl)o1. The molecule has 2 rings (SSSR count). The third kappa shape index (κ3) is 3.90. The average molecular weight is 285 g/mol. The molecule has 0 fully saturated rings.